The van der Waals surface area contributed by atoms with Gasteiger partial charge in [0.25, 0.3) is 11.8 Å². The van der Waals surface area contributed by atoms with E-state index in [9.17, 15) is 14.0 Å². The zero-order valence-electron chi connectivity index (χ0n) is 11.7. The van der Waals surface area contributed by atoms with E-state index in [4.69, 9.17) is 0 Å². The zero-order chi connectivity index (χ0) is 15.4. The highest BCUT2D eigenvalue weighted by molar-refractivity contribution is 6.05. The Hall–Kier alpha value is -2.69. The molecule has 0 saturated carbocycles. The highest BCUT2D eigenvalue weighted by atomic mass is 19.1. The summed E-state index contributed by atoms with van der Waals surface area (Å²) in [5.74, 6) is -0.941. The lowest BCUT2D eigenvalue weighted by atomic mass is 10.1. The Bertz CT molecular complexity index is 698. The van der Waals surface area contributed by atoms with Crippen molar-refractivity contribution < 1.29 is 14.0 Å². The third-order valence-electron chi connectivity index (χ3n) is 3.03. The van der Waals surface area contributed by atoms with Gasteiger partial charge in [-0.05, 0) is 48.9 Å². The van der Waals surface area contributed by atoms with Crippen molar-refractivity contribution in [3.8, 4) is 0 Å². The van der Waals surface area contributed by atoms with Crippen LogP contribution < -0.4 is 10.6 Å². The first-order valence-corrected chi connectivity index (χ1v) is 6.41. The van der Waals surface area contributed by atoms with E-state index >= 15 is 0 Å². The van der Waals surface area contributed by atoms with Gasteiger partial charge in [0.05, 0.1) is 0 Å². The van der Waals surface area contributed by atoms with E-state index in [1.165, 1.54) is 25.2 Å². The summed E-state index contributed by atoms with van der Waals surface area (Å²) in [6.45, 7) is 1.60. The van der Waals surface area contributed by atoms with Gasteiger partial charge in [-0.1, -0.05) is 6.07 Å². The van der Waals surface area contributed by atoms with Crippen LogP contribution in [0.2, 0.25) is 0 Å². The van der Waals surface area contributed by atoms with Gasteiger partial charge in [-0.25, -0.2) is 4.39 Å². The Balaban J connectivity index is 2.19. The molecule has 0 unspecified atom stereocenters. The first kappa shape index (κ1) is 14.7. The molecule has 0 radical (unpaired) electrons. The van der Waals surface area contributed by atoms with Crippen molar-refractivity contribution in [3.05, 3.63) is 65.0 Å². The summed E-state index contributed by atoms with van der Waals surface area (Å²) in [5, 5.41) is 5.20. The van der Waals surface area contributed by atoms with E-state index in [-0.39, 0.29) is 17.6 Å². The molecule has 0 aliphatic carbocycles. The molecule has 0 aliphatic rings. The highest BCUT2D eigenvalue weighted by Crippen LogP contribution is 2.14. The van der Waals surface area contributed by atoms with E-state index in [0.29, 0.717) is 22.4 Å². The quantitative estimate of drug-likeness (QED) is 0.911. The lowest BCUT2D eigenvalue weighted by Gasteiger charge is -2.08. The molecule has 0 aromatic heterocycles. The number of hydrogen-bond donors (Lipinski definition) is 2. The maximum absolute atomic E-state index is 13.2. The van der Waals surface area contributed by atoms with Crippen molar-refractivity contribution >= 4 is 17.5 Å². The van der Waals surface area contributed by atoms with Crippen molar-refractivity contribution in [2.24, 2.45) is 0 Å². The van der Waals surface area contributed by atoms with Gasteiger partial charge in [0, 0.05) is 23.9 Å². The van der Waals surface area contributed by atoms with Crippen LogP contribution in [0.15, 0.2) is 42.5 Å². The summed E-state index contributed by atoms with van der Waals surface area (Å²) in [6.07, 6.45) is 0. The number of carbonyl (C=O) groups is 2. The van der Waals surface area contributed by atoms with Crippen LogP contribution in [0, 0.1) is 12.7 Å². The minimum absolute atomic E-state index is 0.233. The fraction of sp³-hybridized carbons (Fsp3) is 0.125. The molecule has 5 heteroatoms. The second kappa shape index (κ2) is 6.17. The largest absolute Gasteiger partial charge is 0.355 e. The number of amides is 2. The van der Waals surface area contributed by atoms with Gasteiger partial charge >= 0.3 is 0 Å². The van der Waals surface area contributed by atoms with Crippen LogP contribution in [0.1, 0.15) is 26.3 Å². The molecule has 0 bridgehead atoms. The van der Waals surface area contributed by atoms with Crippen LogP contribution in [0.3, 0.4) is 0 Å². The maximum Gasteiger partial charge on any atom is 0.255 e. The number of halogens is 1. The smallest absolute Gasteiger partial charge is 0.255 e. The number of anilines is 1. The molecule has 2 rings (SSSR count). The average Bonchev–Trinajstić information content (AvgIpc) is 2.49. The van der Waals surface area contributed by atoms with Crippen molar-refractivity contribution in [3.63, 3.8) is 0 Å². The number of benzene rings is 2. The fourth-order valence-electron chi connectivity index (χ4n) is 1.87. The van der Waals surface area contributed by atoms with E-state index in [1.54, 1.807) is 31.2 Å². The Labute approximate surface area is 122 Å². The molecule has 0 fully saturated rings. The molecule has 4 nitrogen and oxygen atoms in total. The van der Waals surface area contributed by atoms with Crippen LogP contribution in [-0.2, 0) is 0 Å². The summed E-state index contributed by atoms with van der Waals surface area (Å²) in [4.78, 5) is 23.6. The third-order valence-corrected chi connectivity index (χ3v) is 3.03. The van der Waals surface area contributed by atoms with Crippen LogP contribution in [-0.4, -0.2) is 18.9 Å². The SMILES string of the molecule is CNC(=O)c1cccc(NC(=O)c2ccc(F)c(C)c2)c1. The molecule has 2 N–H and O–H groups in total. The van der Waals surface area contributed by atoms with E-state index in [2.05, 4.69) is 10.6 Å². The van der Waals surface area contributed by atoms with Gasteiger partial charge in [-0.15, -0.1) is 0 Å². The third kappa shape index (κ3) is 3.45. The monoisotopic (exact) mass is 286 g/mol. The number of aryl methyl sites for hydroxylation is 1. The van der Waals surface area contributed by atoms with Crippen LogP contribution in [0.4, 0.5) is 10.1 Å². The minimum atomic E-state index is -0.354. The topological polar surface area (TPSA) is 58.2 Å². The maximum atomic E-state index is 13.2. The van der Waals surface area contributed by atoms with Crippen LogP contribution in [0.5, 0.6) is 0 Å². The molecule has 2 amide bonds. The van der Waals surface area contributed by atoms with Gasteiger partial charge < -0.3 is 10.6 Å². The Morgan fingerprint density at radius 1 is 1.00 bits per heavy atom. The summed E-state index contributed by atoms with van der Waals surface area (Å²) in [7, 11) is 1.54. The summed E-state index contributed by atoms with van der Waals surface area (Å²) in [5.41, 5.74) is 1.72. The second-order valence-electron chi connectivity index (χ2n) is 4.58. The van der Waals surface area contributed by atoms with E-state index in [1.807, 2.05) is 0 Å². The zero-order valence-corrected chi connectivity index (χ0v) is 11.7. The van der Waals surface area contributed by atoms with Gasteiger partial charge in [0.15, 0.2) is 0 Å². The molecule has 21 heavy (non-hydrogen) atoms. The first-order valence-electron chi connectivity index (χ1n) is 6.41. The molecule has 2 aromatic carbocycles. The van der Waals surface area contributed by atoms with Crippen LogP contribution >= 0.6 is 0 Å². The van der Waals surface area contributed by atoms with Crippen molar-refractivity contribution in [2.45, 2.75) is 6.92 Å². The standard InChI is InChI=1S/C16H15FN2O2/c1-10-8-12(6-7-14(10)17)16(21)19-13-5-3-4-11(9-13)15(20)18-2/h3-9H,1-2H3,(H,18,20)(H,19,21). The molecule has 0 spiro atoms. The highest BCUT2D eigenvalue weighted by Gasteiger charge is 2.09. The Kier molecular flexibility index (Phi) is 4.33. The number of hydrogen-bond acceptors (Lipinski definition) is 2. The normalized spacial score (nSPS) is 10.0. The first-order chi connectivity index (χ1) is 10.0. The molecule has 0 aliphatic heterocycles. The summed E-state index contributed by atoms with van der Waals surface area (Å²) < 4.78 is 13.2. The summed E-state index contributed by atoms with van der Waals surface area (Å²) >= 11 is 0. The predicted octanol–water partition coefficient (Wildman–Crippen LogP) is 2.75. The van der Waals surface area contributed by atoms with Crippen LogP contribution in [0.25, 0.3) is 0 Å². The summed E-state index contributed by atoms with van der Waals surface area (Å²) in [6, 6.07) is 10.7. The molecular formula is C16H15FN2O2. The number of carbonyl (C=O) groups excluding carboxylic acids is 2. The van der Waals surface area contributed by atoms with Crippen molar-refractivity contribution in [2.75, 3.05) is 12.4 Å². The molecule has 108 valence electrons. The molecular weight excluding hydrogens is 271 g/mol. The van der Waals surface area contributed by atoms with Gasteiger partial charge in [-0.3, -0.25) is 9.59 Å². The molecule has 0 saturated heterocycles. The number of nitrogens with one attached hydrogen (secondary N) is 2. The van der Waals surface area contributed by atoms with E-state index < -0.39 is 0 Å². The number of rotatable bonds is 3. The molecule has 0 heterocycles. The van der Waals surface area contributed by atoms with E-state index in [0.717, 1.165) is 0 Å². The Morgan fingerprint density at radius 3 is 2.38 bits per heavy atom. The van der Waals surface area contributed by atoms with Crippen molar-refractivity contribution in [1.82, 2.24) is 5.32 Å². The van der Waals surface area contributed by atoms with Crippen molar-refractivity contribution in [1.29, 1.82) is 0 Å². The van der Waals surface area contributed by atoms with Gasteiger partial charge in [0.1, 0.15) is 5.82 Å². The van der Waals surface area contributed by atoms with Gasteiger partial charge in [0.2, 0.25) is 0 Å². The predicted molar refractivity (Wildman–Crippen MR) is 78.9 cm³/mol. The van der Waals surface area contributed by atoms with Gasteiger partial charge in [-0.2, -0.15) is 0 Å². The minimum Gasteiger partial charge on any atom is -0.355 e. The Morgan fingerprint density at radius 2 is 1.71 bits per heavy atom. The second-order valence-corrected chi connectivity index (χ2v) is 4.58. The lowest BCUT2D eigenvalue weighted by Crippen LogP contribution is -2.18. The molecule has 2 aromatic rings. The average molecular weight is 286 g/mol. The lowest BCUT2D eigenvalue weighted by molar-refractivity contribution is 0.0961. The molecule has 0 atom stereocenters. The fourth-order valence-corrected chi connectivity index (χ4v) is 1.87.